The number of hydrogen-bond acceptors (Lipinski definition) is 3. The van der Waals surface area contributed by atoms with E-state index in [1.807, 2.05) is 6.92 Å². The first kappa shape index (κ1) is 16.4. The molecule has 0 aliphatic rings. The summed E-state index contributed by atoms with van der Waals surface area (Å²) in [6.45, 7) is 5.76. The number of aliphatic hydroxyl groups is 1. The maximum absolute atomic E-state index is 11.5. The van der Waals surface area contributed by atoms with E-state index in [1.165, 1.54) is 25.7 Å². The quantitative estimate of drug-likeness (QED) is 0.473. The molecule has 0 fully saturated rings. The lowest BCUT2D eigenvalue weighted by Crippen LogP contribution is -2.28. The summed E-state index contributed by atoms with van der Waals surface area (Å²) in [4.78, 5) is 11.5. The second kappa shape index (κ2) is 10.6. The Bertz CT molecular complexity index is 190. The average molecular weight is 244 g/mol. The maximum Gasteiger partial charge on any atom is 0.306 e. The molecule has 1 N–H and O–H groups in total. The zero-order valence-electron chi connectivity index (χ0n) is 11.6. The summed E-state index contributed by atoms with van der Waals surface area (Å²) in [6, 6.07) is 0. The number of aliphatic hydroxyl groups excluding tert-OH is 1. The fourth-order valence-electron chi connectivity index (χ4n) is 1.80. The summed E-state index contributed by atoms with van der Waals surface area (Å²) in [5.74, 6) is -0.173. The van der Waals surface area contributed by atoms with Gasteiger partial charge in [0, 0.05) is 6.42 Å². The molecule has 0 amide bonds. The van der Waals surface area contributed by atoms with Crippen molar-refractivity contribution in [2.45, 2.75) is 84.3 Å². The Balaban J connectivity index is 3.52. The lowest BCUT2D eigenvalue weighted by atomic mass is 10.1. The van der Waals surface area contributed by atoms with Gasteiger partial charge in [0.05, 0.1) is 6.10 Å². The van der Waals surface area contributed by atoms with Crippen LogP contribution in [-0.4, -0.2) is 23.3 Å². The number of carbonyl (C=O) groups excluding carboxylic acids is 1. The fraction of sp³-hybridized carbons (Fsp3) is 0.929. The minimum Gasteiger partial charge on any atom is -0.460 e. The van der Waals surface area contributed by atoms with E-state index in [2.05, 4.69) is 6.92 Å². The van der Waals surface area contributed by atoms with Crippen LogP contribution in [0, 0.1) is 0 Å². The Labute approximate surface area is 106 Å². The molecule has 0 aliphatic heterocycles. The molecule has 0 saturated heterocycles. The molecule has 2 unspecified atom stereocenters. The Morgan fingerprint density at radius 2 is 1.71 bits per heavy atom. The monoisotopic (exact) mass is 244 g/mol. The van der Waals surface area contributed by atoms with E-state index in [0.717, 1.165) is 12.8 Å². The first-order valence-electron chi connectivity index (χ1n) is 6.99. The normalized spacial score (nSPS) is 14.4. The van der Waals surface area contributed by atoms with Gasteiger partial charge in [-0.15, -0.1) is 0 Å². The van der Waals surface area contributed by atoms with Gasteiger partial charge in [0.2, 0.25) is 0 Å². The Kier molecular flexibility index (Phi) is 10.2. The summed E-state index contributed by atoms with van der Waals surface area (Å²) in [6.07, 6.45) is 7.22. The molecule has 0 aromatic rings. The molecule has 0 aromatic heterocycles. The number of hydrogen-bond donors (Lipinski definition) is 1. The molecule has 102 valence electrons. The van der Waals surface area contributed by atoms with Crippen molar-refractivity contribution in [1.82, 2.24) is 0 Å². The fourth-order valence-corrected chi connectivity index (χ4v) is 1.80. The average Bonchev–Trinajstić information content (AvgIpc) is 2.30. The first-order chi connectivity index (χ1) is 8.11. The van der Waals surface area contributed by atoms with Crippen LogP contribution in [0.4, 0.5) is 0 Å². The van der Waals surface area contributed by atoms with Gasteiger partial charge < -0.3 is 9.84 Å². The highest BCUT2D eigenvalue weighted by Gasteiger charge is 2.17. The van der Waals surface area contributed by atoms with Crippen molar-refractivity contribution in [1.29, 1.82) is 0 Å². The van der Waals surface area contributed by atoms with E-state index in [4.69, 9.17) is 4.74 Å². The number of esters is 1. The van der Waals surface area contributed by atoms with Crippen molar-refractivity contribution < 1.29 is 14.6 Å². The van der Waals surface area contributed by atoms with Crippen molar-refractivity contribution in [3.63, 3.8) is 0 Å². The molecule has 3 heteroatoms. The summed E-state index contributed by atoms with van der Waals surface area (Å²) < 4.78 is 5.20. The first-order valence-corrected chi connectivity index (χ1v) is 6.99. The highest BCUT2D eigenvalue weighted by atomic mass is 16.6. The van der Waals surface area contributed by atoms with Crippen LogP contribution in [0.2, 0.25) is 0 Å². The largest absolute Gasteiger partial charge is 0.460 e. The van der Waals surface area contributed by atoms with Gasteiger partial charge in [0.15, 0.2) is 0 Å². The van der Waals surface area contributed by atoms with E-state index in [9.17, 15) is 9.90 Å². The number of carbonyl (C=O) groups is 1. The third-order valence-electron chi connectivity index (χ3n) is 2.96. The topological polar surface area (TPSA) is 46.5 Å². The molecule has 0 aromatic carbocycles. The van der Waals surface area contributed by atoms with Crippen molar-refractivity contribution in [2.24, 2.45) is 0 Å². The molecule has 0 heterocycles. The molecule has 0 spiro atoms. The van der Waals surface area contributed by atoms with Crippen molar-refractivity contribution >= 4 is 5.97 Å². The van der Waals surface area contributed by atoms with Crippen LogP contribution in [0.1, 0.15) is 72.1 Å². The minimum atomic E-state index is -0.575. The SMILES string of the molecule is CCCCCCCCC(=O)OC(CC)C(C)O. The summed E-state index contributed by atoms with van der Waals surface area (Å²) in [5.41, 5.74) is 0. The molecule has 0 aliphatic carbocycles. The number of ether oxygens (including phenoxy) is 1. The number of unbranched alkanes of at least 4 members (excludes halogenated alkanes) is 5. The molecule has 0 rings (SSSR count). The highest BCUT2D eigenvalue weighted by Crippen LogP contribution is 2.10. The summed E-state index contributed by atoms with van der Waals surface area (Å²) in [7, 11) is 0. The molecular weight excluding hydrogens is 216 g/mol. The third kappa shape index (κ3) is 9.16. The highest BCUT2D eigenvalue weighted by molar-refractivity contribution is 5.69. The third-order valence-corrected chi connectivity index (χ3v) is 2.96. The Morgan fingerprint density at radius 3 is 2.24 bits per heavy atom. The smallest absolute Gasteiger partial charge is 0.306 e. The zero-order valence-corrected chi connectivity index (χ0v) is 11.6. The maximum atomic E-state index is 11.5. The second-order valence-electron chi connectivity index (χ2n) is 4.69. The van der Waals surface area contributed by atoms with Gasteiger partial charge in [0.1, 0.15) is 6.10 Å². The predicted molar refractivity (Wildman–Crippen MR) is 69.8 cm³/mol. The van der Waals surface area contributed by atoms with Gasteiger partial charge in [-0.05, 0) is 19.8 Å². The molecule has 0 saturated carbocycles. The van der Waals surface area contributed by atoms with Crippen LogP contribution in [-0.2, 0) is 9.53 Å². The molecular formula is C14H28O3. The van der Waals surface area contributed by atoms with Crippen LogP contribution < -0.4 is 0 Å². The van der Waals surface area contributed by atoms with E-state index in [1.54, 1.807) is 6.92 Å². The van der Waals surface area contributed by atoms with Crippen LogP contribution in [0.15, 0.2) is 0 Å². The lowest BCUT2D eigenvalue weighted by molar-refractivity contribution is -0.154. The van der Waals surface area contributed by atoms with Gasteiger partial charge >= 0.3 is 5.97 Å². The van der Waals surface area contributed by atoms with Gasteiger partial charge in [-0.1, -0.05) is 46.0 Å². The molecule has 3 nitrogen and oxygen atoms in total. The van der Waals surface area contributed by atoms with Crippen molar-refractivity contribution in [2.75, 3.05) is 0 Å². The van der Waals surface area contributed by atoms with Crippen LogP contribution in [0.5, 0.6) is 0 Å². The van der Waals surface area contributed by atoms with Gasteiger partial charge in [-0.2, -0.15) is 0 Å². The summed E-state index contributed by atoms with van der Waals surface area (Å²) in [5, 5.41) is 9.35. The minimum absolute atomic E-state index is 0.173. The molecule has 2 atom stereocenters. The van der Waals surface area contributed by atoms with Gasteiger partial charge in [-0.25, -0.2) is 0 Å². The Hall–Kier alpha value is -0.570. The van der Waals surface area contributed by atoms with Crippen molar-refractivity contribution in [3.8, 4) is 0 Å². The van der Waals surface area contributed by atoms with Crippen LogP contribution >= 0.6 is 0 Å². The lowest BCUT2D eigenvalue weighted by Gasteiger charge is -2.18. The summed E-state index contributed by atoms with van der Waals surface area (Å²) >= 11 is 0. The van der Waals surface area contributed by atoms with E-state index < -0.39 is 6.10 Å². The van der Waals surface area contributed by atoms with E-state index >= 15 is 0 Å². The molecule has 17 heavy (non-hydrogen) atoms. The standard InChI is InChI=1S/C14H28O3/c1-4-6-7-8-9-10-11-14(16)17-13(5-2)12(3)15/h12-13,15H,4-11H2,1-3H3. The van der Waals surface area contributed by atoms with Gasteiger partial charge in [-0.3, -0.25) is 4.79 Å². The van der Waals surface area contributed by atoms with Crippen LogP contribution in [0.25, 0.3) is 0 Å². The number of rotatable bonds is 10. The molecule has 0 bridgehead atoms. The second-order valence-corrected chi connectivity index (χ2v) is 4.69. The van der Waals surface area contributed by atoms with E-state index in [0.29, 0.717) is 12.8 Å². The van der Waals surface area contributed by atoms with Gasteiger partial charge in [0.25, 0.3) is 0 Å². The van der Waals surface area contributed by atoms with E-state index in [-0.39, 0.29) is 12.1 Å². The van der Waals surface area contributed by atoms with Crippen LogP contribution in [0.3, 0.4) is 0 Å². The molecule has 0 radical (unpaired) electrons. The Morgan fingerprint density at radius 1 is 1.12 bits per heavy atom. The van der Waals surface area contributed by atoms with Crippen molar-refractivity contribution in [3.05, 3.63) is 0 Å². The zero-order chi connectivity index (χ0) is 13.1. The predicted octanol–water partition coefficient (Wildman–Crippen LogP) is 3.44.